The van der Waals surface area contributed by atoms with Gasteiger partial charge in [-0.15, -0.1) is 0 Å². The van der Waals surface area contributed by atoms with Crippen molar-refractivity contribution in [1.82, 2.24) is 0 Å². The molecule has 37 heavy (non-hydrogen) atoms. The predicted octanol–water partition coefficient (Wildman–Crippen LogP) is 7.40. The van der Waals surface area contributed by atoms with Crippen LogP contribution in [0.25, 0.3) is 0 Å². The Morgan fingerprint density at radius 1 is 0.757 bits per heavy atom. The van der Waals surface area contributed by atoms with Crippen LogP contribution in [0.5, 0.6) is 0 Å². The highest BCUT2D eigenvalue weighted by Gasteiger charge is 2.59. The van der Waals surface area contributed by atoms with E-state index in [1.54, 1.807) is 0 Å². The van der Waals surface area contributed by atoms with E-state index in [0.717, 1.165) is 44.9 Å². The summed E-state index contributed by atoms with van der Waals surface area (Å²) >= 11 is 0. The maximum absolute atomic E-state index is 12.9. The first-order valence-electron chi connectivity index (χ1n) is 14.1. The van der Waals surface area contributed by atoms with Crippen molar-refractivity contribution in [3.8, 4) is 0 Å². The van der Waals surface area contributed by atoms with Crippen LogP contribution in [0.4, 0.5) is 0 Å². The Morgan fingerprint density at radius 3 is 2.08 bits per heavy atom. The third-order valence-electron chi connectivity index (χ3n) is 10.5. The summed E-state index contributed by atoms with van der Waals surface area (Å²) in [6.45, 7) is 4.85. The van der Waals surface area contributed by atoms with Gasteiger partial charge in [0.25, 0.3) is 0 Å². The first-order chi connectivity index (χ1) is 17.9. The van der Waals surface area contributed by atoms with Gasteiger partial charge in [-0.2, -0.15) is 0 Å². The quantitative estimate of drug-likeness (QED) is 0.325. The van der Waals surface area contributed by atoms with Crippen LogP contribution in [-0.2, 0) is 9.47 Å². The van der Waals surface area contributed by atoms with Crippen molar-refractivity contribution in [1.29, 1.82) is 0 Å². The predicted molar refractivity (Wildman–Crippen MR) is 143 cm³/mol. The van der Waals surface area contributed by atoms with Crippen LogP contribution in [0.1, 0.15) is 85.9 Å². The number of hydrogen-bond acceptors (Lipinski definition) is 4. The molecule has 0 spiro atoms. The molecule has 194 valence electrons. The van der Waals surface area contributed by atoms with Gasteiger partial charge in [0.1, 0.15) is 12.2 Å². The molecular formula is C33H38O4. The largest absolute Gasteiger partial charge is 0.458 e. The number of benzene rings is 2. The third-order valence-corrected chi connectivity index (χ3v) is 10.5. The fourth-order valence-corrected chi connectivity index (χ4v) is 8.44. The first-order valence-corrected chi connectivity index (χ1v) is 14.1. The van der Waals surface area contributed by atoms with Crippen molar-refractivity contribution in [2.75, 3.05) is 0 Å². The van der Waals surface area contributed by atoms with Crippen molar-refractivity contribution in [2.24, 2.45) is 28.6 Å². The highest BCUT2D eigenvalue weighted by atomic mass is 16.5. The van der Waals surface area contributed by atoms with E-state index < -0.39 is 0 Å². The minimum Gasteiger partial charge on any atom is -0.458 e. The molecule has 2 aromatic carbocycles. The molecule has 0 saturated heterocycles. The first kappa shape index (κ1) is 24.5. The summed E-state index contributed by atoms with van der Waals surface area (Å²) < 4.78 is 12.1. The molecule has 3 fully saturated rings. The Balaban J connectivity index is 1.15. The summed E-state index contributed by atoms with van der Waals surface area (Å²) in [5.41, 5.74) is 3.00. The number of esters is 2. The molecule has 0 radical (unpaired) electrons. The number of hydrogen-bond donors (Lipinski definition) is 0. The Labute approximate surface area is 220 Å². The van der Waals surface area contributed by atoms with Gasteiger partial charge >= 0.3 is 11.9 Å². The summed E-state index contributed by atoms with van der Waals surface area (Å²) in [7, 11) is 0. The smallest absolute Gasteiger partial charge is 0.338 e. The molecular weight excluding hydrogens is 460 g/mol. The second kappa shape index (κ2) is 9.45. The molecule has 0 bridgehead atoms. The van der Waals surface area contributed by atoms with Crippen molar-refractivity contribution < 1.29 is 19.1 Å². The number of fused-ring (bicyclic) bond motifs is 5. The van der Waals surface area contributed by atoms with E-state index in [-0.39, 0.29) is 35.0 Å². The van der Waals surface area contributed by atoms with Crippen LogP contribution in [-0.4, -0.2) is 24.1 Å². The summed E-state index contributed by atoms with van der Waals surface area (Å²) in [6, 6.07) is 18.7. The lowest BCUT2D eigenvalue weighted by Crippen LogP contribution is -2.51. The normalized spacial score (nSPS) is 36.4. The lowest BCUT2D eigenvalue weighted by Gasteiger charge is -2.57. The van der Waals surface area contributed by atoms with E-state index in [0.29, 0.717) is 28.9 Å². The van der Waals surface area contributed by atoms with Gasteiger partial charge in [0.05, 0.1) is 11.1 Å². The fraction of sp³-hybridized carbons (Fsp3) is 0.515. The van der Waals surface area contributed by atoms with Crippen LogP contribution in [0.2, 0.25) is 0 Å². The fourth-order valence-electron chi connectivity index (χ4n) is 8.44. The van der Waals surface area contributed by atoms with E-state index in [2.05, 4.69) is 19.9 Å². The molecule has 6 rings (SSSR count). The topological polar surface area (TPSA) is 52.6 Å². The molecule has 2 aromatic rings. The molecule has 4 nitrogen and oxygen atoms in total. The maximum atomic E-state index is 12.9. The van der Waals surface area contributed by atoms with Gasteiger partial charge < -0.3 is 9.47 Å². The molecule has 0 heterocycles. The average Bonchev–Trinajstić information content (AvgIpc) is 3.25. The summed E-state index contributed by atoms with van der Waals surface area (Å²) in [5.74, 6) is 1.48. The van der Waals surface area contributed by atoms with Gasteiger partial charge in [0.2, 0.25) is 0 Å². The van der Waals surface area contributed by atoms with Gasteiger partial charge in [-0.25, -0.2) is 9.59 Å². The van der Waals surface area contributed by atoms with E-state index in [9.17, 15) is 9.59 Å². The molecule has 0 unspecified atom stereocenters. The zero-order valence-corrected chi connectivity index (χ0v) is 22.0. The second-order valence-corrected chi connectivity index (χ2v) is 12.3. The summed E-state index contributed by atoms with van der Waals surface area (Å²) in [4.78, 5) is 25.5. The average molecular weight is 499 g/mol. The Hall–Kier alpha value is -2.88. The second-order valence-electron chi connectivity index (χ2n) is 12.3. The number of carbonyl (C=O) groups is 2. The van der Waals surface area contributed by atoms with E-state index in [1.165, 1.54) is 12.0 Å². The number of carbonyl (C=O) groups excluding carboxylic acids is 2. The van der Waals surface area contributed by atoms with Crippen molar-refractivity contribution in [2.45, 2.75) is 77.4 Å². The highest BCUT2D eigenvalue weighted by Crippen LogP contribution is 2.65. The van der Waals surface area contributed by atoms with Crippen LogP contribution >= 0.6 is 0 Å². The number of rotatable bonds is 4. The van der Waals surface area contributed by atoms with E-state index >= 15 is 0 Å². The lowest BCUT2D eigenvalue weighted by molar-refractivity contribution is -0.0787. The standard InChI is InChI=1S/C33H38O4/c1-32-19-17-25(36-30(34)22-9-5-3-6-10-22)21-24(32)13-14-26-27-15-16-29(33(27,2)20-18-28(26)32)37-31(35)23-11-7-4-8-12-23/h3-13,25-29H,14-21H2,1-2H3/t25-,26+,27+,28+,29+,32-,33-/m0/s1. The third kappa shape index (κ3) is 4.23. The molecule has 7 atom stereocenters. The molecule has 0 amide bonds. The van der Waals surface area contributed by atoms with Gasteiger partial charge in [0.15, 0.2) is 0 Å². The molecule has 3 saturated carbocycles. The van der Waals surface area contributed by atoms with Crippen molar-refractivity contribution in [3.05, 3.63) is 83.4 Å². The molecule has 0 aromatic heterocycles. The van der Waals surface area contributed by atoms with E-state index in [4.69, 9.17) is 9.47 Å². The van der Waals surface area contributed by atoms with Crippen LogP contribution < -0.4 is 0 Å². The van der Waals surface area contributed by atoms with Crippen LogP contribution in [0, 0.1) is 28.6 Å². The van der Waals surface area contributed by atoms with Crippen LogP contribution in [0.15, 0.2) is 72.3 Å². The van der Waals surface area contributed by atoms with Crippen LogP contribution in [0.3, 0.4) is 0 Å². The van der Waals surface area contributed by atoms with Gasteiger partial charge in [0, 0.05) is 11.8 Å². The molecule has 4 aliphatic carbocycles. The van der Waals surface area contributed by atoms with Gasteiger partial charge in [-0.05, 0) is 92.4 Å². The minimum absolute atomic E-state index is 0.00234. The number of ether oxygens (including phenoxy) is 2. The zero-order valence-electron chi connectivity index (χ0n) is 22.0. The monoisotopic (exact) mass is 498 g/mol. The van der Waals surface area contributed by atoms with Gasteiger partial charge in [-0.3, -0.25) is 0 Å². The maximum Gasteiger partial charge on any atom is 0.338 e. The van der Waals surface area contributed by atoms with Gasteiger partial charge in [-0.1, -0.05) is 61.9 Å². The van der Waals surface area contributed by atoms with Crippen molar-refractivity contribution >= 4 is 11.9 Å². The highest BCUT2D eigenvalue weighted by molar-refractivity contribution is 5.90. The Kier molecular flexibility index (Phi) is 6.25. The minimum atomic E-state index is -0.209. The SMILES string of the molecule is C[C@]12CC[C@@H]3[C@H](CC=C4C[C@@H](OC(=O)c5ccccc5)CC[C@@]43C)[C@H]1CC[C@H]2OC(=O)c1ccccc1. The molecule has 0 aliphatic heterocycles. The Bertz CT molecular complexity index is 1190. The summed E-state index contributed by atoms with van der Waals surface area (Å²) in [5, 5.41) is 0. The summed E-state index contributed by atoms with van der Waals surface area (Å²) in [6.07, 6.45) is 10.8. The molecule has 4 heteroatoms. The molecule has 0 N–H and O–H groups in total. The lowest BCUT2D eigenvalue weighted by atomic mass is 9.48. The van der Waals surface area contributed by atoms with E-state index in [1.807, 2.05) is 60.7 Å². The Morgan fingerprint density at radius 2 is 1.41 bits per heavy atom. The molecule has 4 aliphatic rings. The number of allylic oxidation sites excluding steroid dienone is 1. The zero-order chi connectivity index (χ0) is 25.6. The van der Waals surface area contributed by atoms with Crippen molar-refractivity contribution in [3.63, 3.8) is 0 Å².